The van der Waals surface area contributed by atoms with Crippen LogP contribution in [0.3, 0.4) is 0 Å². The number of sulfonamides is 1. The van der Waals surface area contributed by atoms with Crippen LogP contribution in [-0.4, -0.2) is 27.4 Å². The van der Waals surface area contributed by atoms with E-state index in [1.807, 2.05) is 37.3 Å². The number of rotatable bonds is 8. The van der Waals surface area contributed by atoms with Gasteiger partial charge in [0.15, 0.2) is 0 Å². The molecule has 0 aliphatic heterocycles. The van der Waals surface area contributed by atoms with Crippen molar-refractivity contribution in [3.05, 3.63) is 65.2 Å². The molecule has 0 saturated carbocycles. The monoisotopic (exact) mass is 380 g/mol. The highest BCUT2D eigenvalue weighted by molar-refractivity contribution is 7.89. The fourth-order valence-electron chi connectivity index (χ4n) is 2.25. The predicted molar refractivity (Wildman–Crippen MR) is 99.1 cm³/mol. The molecule has 1 unspecified atom stereocenters. The minimum Gasteiger partial charge on any atom is -0.355 e. The Morgan fingerprint density at radius 1 is 1.08 bits per heavy atom. The minimum atomic E-state index is -3.64. The average Bonchev–Trinajstić information content (AvgIpc) is 2.60. The normalized spacial score (nSPS) is 12.6. The van der Waals surface area contributed by atoms with Crippen molar-refractivity contribution in [2.45, 2.75) is 24.2 Å². The number of amides is 1. The van der Waals surface area contributed by atoms with Crippen LogP contribution in [0.15, 0.2) is 59.5 Å². The van der Waals surface area contributed by atoms with Gasteiger partial charge in [-0.1, -0.05) is 48.9 Å². The van der Waals surface area contributed by atoms with E-state index >= 15 is 0 Å². The van der Waals surface area contributed by atoms with Gasteiger partial charge in [0.2, 0.25) is 15.9 Å². The molecule has 0 bridgehead atoms. The van der Waals surface area contributed by atoms with E-state index < -0.39 is 10.0 Å². The van der Waals surface area contributed by atoms with Gasteiger partial charge in [0.05, 0.1) is 4.90 Å². The van der Waals surface area contributed by atoms with E-state index in [-0.39, 0.29) is 29.7 Å². The van der Waals surface area contributed by atoms with Gasteiger partial charge in [0.1, 0.15) is 0 Å². The van der Waals surface area contributed by atoms with Crippen LogP contribution in [0.5, 0.6) is 0 Å². The Morgan fingerprint density at radius 3 is 2.36 bits per heavy atom. The van der Waals surface area contributed by atoms with E-state index in [0.717, 1.165) is 5.56 Å². The van der Waals surface area contributed by atoms with Gasteiger partial charge in [-0.25, -0.2) is 13.1 Å². The van der Waals surface area contributed by atoms with Crippen molar-refractivity contribution >= 4 is 27.5 Å². The van der Waals surface area contributed by atoms with Crippen LogP contribution in [0, 0.1) is 0 Å². The molecule has 2 aromatic carbocycles. The van der Waals surface area contributed by atoms with E-state index in [2.05, 4.69) is 10.0 Å². The molecule has 7 heteroatoms. The zero-order valence-electron chi connectivity index (χ0n) is 13.9. The largest absolute Gasteiger partial charge is 0.355 e. The van der Waals surface area contributed by atoms with Gasteiger partial charge in [-0.3, -0.25) is 4.79 Å². The van der Waals surface area contributed by atoms with E-state index in [0.29, 0.717) is 11.6 Å². The molecule has 0 aliphatic carbocycles. The molecule has 0 aliphatic rings. The lowest BCUT2D eigenvalue weighted by Crippen LogP contribution is -2.32. The van der Waals surface area contributed by atoms with Crippen molar-refractivity contribution in [3.8, 4) is 0 Å². The molecule has 0 saturated heterocycles. The number of carbonyl (C=O) groups excluding carboxylic acids is 1. The maximum atomic E-state index is 12.1. The first-order valence-corrected chi connectivity index (χ1v) is 9.81. The van der Waals surface area contributed by atoms with E-state index in [4.69, 9.17) is 11.6 Å². The zero-order valence-corrected chi connectivity index (χ0v) is 15.5. The fraction of sp³-hybridized carbons (Fsp3) is 0.278. The first kappa shape index (κ1) is 19.4. The highest BCUT2D eigenvalue weighted by Crippen LogP contribution is 2.14. The van der Waals surface area contributed by atoms with Crippen molar-refractivity contribution in [1.29, 1.82) is 0 Å². The second-order valence-corrected chi connectivity index (χ2v) is 7.92. The highest BCUT2D eigenvalue weighted by Gasteiger charge is 2.14. The number of hydrogen-bond acceptors (Lipinski definition) is 3. The summed E-state index contributed by atoms with van der Waals surface area (Å²) in [4.78, 5) is 12.0. The Bertz CT molecular complexity index is 793. The van der Waals surface area contributed by atoms with Gasteiger partial charge in [-0.2, -0.15) is 0 Å². The molecule has 0 heterocycles. The Balaban J connectivity index is 1.75. The molecule has 2 N–H and O–H groups in total. The number of carbonyl (C=O) groups is 1. The molecule has 1 atom stereocenters. The Labute approximate surface area is 153 Å². The second kappa shape index (κ2) is 8.99. The summed E-state index contributed by atoms with van der Waals surface area (Å²) < 4.78 is 26.6. The Kier molecular flexibility index (Phi) is 6.99. The zero-order chi connectivity index (χ0) is 18.3. The summed E-state index contributed by atoms with van der Waals surface area (Å²) in [6, 6.07) is 15.7. The van der Waals surface area contributed by atoms with E-state index in [1.165, 1.54) is 24.3 Å². The summed E-state index contributed by atoms with van der Waals surface area (Å²) in [5.74, 6) is -0.00232. The standard InChI is InChI=1S/C18H21ClN2O3S/c1-14(15-5-3-2-4-6-15)13-20-18(22)11-12-21-25(23,24)17-9-7-16(19)8-10-17/h2-10,14,21H,11-13H2,1H3,(H,20,22). The molecular formula is C18H21ClN2O3S. The van der Waals surface area contributed by atoms with Crippen LogP contribution in [0.25, 0.3) is 0 Å². The molecule has 134 valence electrons. The van der Waals surface area contributed by atoms with Crippen LogP contribution < -0.4 is 10.0 Å². The van der Waals surface area contributed by atoms with Crippen LogP contribution in [0.2, 0.25) is 5.02 Å². The maximum absolute atomic E-state index is 12.1. The second-order valence-electron chi connectivity index (χ2n) is 5.72. The van der Waals surface area contributed by atoms with Crippen molar-refractivity contribution in [2.75, 3.05) is 13.1 Å². The maximum Gasteiger partial charge on any atom is 0.240 e. The van der Waals surface area contributed by atoms with Gasteiger partial charge in [-0.15, -0.1) is 0 Å². The van der Waals surface area contributed by atoms with Gasteiger partial charge in [-0.05, 0) is 35.7 Å². The van der Waals surface area contributed by atoms with Gasteiger partial charge >= 0.3 is 0 Å². The summed E-state index contributed by atoms with van der Waals surface area (Å²) in [6.45, 7) is 2.57. The van der Waals surface area contributed by atoms with Gasteiger partial charge in [0, 0.05) is 24.5 Å². The molecule has 2 aromatic rings. The highest BCUT2D eigenvalue weighted by atomic mass is 35.5. The summed E-state index contributed by atoms with van der Waals surface area (Å²) in [6.07, 6.45) is 0.0777. The quantitative estimate of drug-likeness (QED) is 0.739. The topological polar surface area (TPSA) is 75.3 Å². The molecule has 2 rings (SSSR count). The third-order valence-electron chi connectivity index (χ3n) is 3.74. The first-order valence-electron chi connectivity index (χ1n) is 7.95. The van der Waals surface area contributed by atoms with Gasteiger partial charge in [0.25, 0.3) is 0 Å². The SMILES string of the molecule is CC(CNC(=O)CCNS(=O)(=O)c1ccc(Cl)cc1)c1ccccc1. The molecule has 0 spiro atoms. The summed E-state index contributed by atoms with van der Waals surface area (Å²) in [7, 11) is -3.64. The molecule has 0 radical (unpaired) electrons. The molecule has 0 aromatic heterocycles. The van der Waals surface area contributed by atoms with E-state index in [9.17, 15) is 13.2 Å². The number of benzene rings is 2. The van der Waals surface area contributed by atoms with Crippen molar-refractivity contribution in [2.24, 2.45) is 0 Å². The van der Waals surface area contributed by atoms with Crippen molar-refractivity contribution in [3.63, 3.8) is 0 Å². The summed E-state index contributed by atoms with van der Waals surface area (Å²) >= 11 is 5.74. The van der Waals surface area contributed by atoms with Crippen molar-refractivity contribution < 1.29 is 13.2 Å². The molecule has 1 amide bonds. The lowest BCUT2D eigenvalue weighted by molar-refractivity contribution is -0.120. The minimum absolute atomic E-state index is 0.0382. The van der Waals surface area contributed by atoms with Crippen LogP contribution in [0.1, 0.15) is 24.8 Å². The fourth-order valence-corrected chi connectivity index (χ4v) is 3.41. The summed E-state index contributed by atoms with van der Waals surface area (Å²) in [5, 5.41) is 3.29. The number of halogens is 1. The van der Waals surface area contributed by atoms with Crippen LogP contribution in [-0.2, 0) is 14.8 Å². The Hall–Kier alpha value is -1.89. The average molecular weight is 381 g/mol. The van der Waals surface area contributed by atoms with Crippen LogP contribution in [0.4, 0.5) is 0 Å². The van der Waals surface area contributed by atoms with Gasteiger partial charge < -0.3 is 5.32 Å². The van der Waals surface area contributed by atoms with E-state index in [1.54, 1.807) is 0 Å². The predicted octanol–water partition coefficient (Wildman–Crippen LogP) is 2.93. The van der Waals surface area contributed by atoms with Crippen LogP contribution >= 0.6 is 11.6 Å². The Morgan fingerprint density at radius 2 is 1.72 bits per heavy atom. The molecular weight excluding hydrogens is 360 g/mol. The summed E-state index contributed by atoms with van der Waals surface area (Å²) in [5.41, 5.74) is 1.14. The smallest absolute Gasteiger partial charge is 0.240 e. The third kappa shape index (κ3) is 6.16. The number of hydrogen-bond donors (Lipinski definition) is 2. The molecule has 0 fully saturated rings. The van der Waals surface area contributed by atoms with Crippen molar-refractivity contribution in [1.82, 2.24) is 10.0 Å². The molecule has 5 nitrogen and oxygen atoms in total. The lowest BCUT2D eigenvalue weighted by Gasteiger charge is -2.13. The molecule has 25 heavy (non-hydrogen) atoms. The number of nitrogens with one attached hydrogen (secondary N) is 2. The first-order chi connectivity index (χ1) is 11.9. The lowest BCUT2D eigenvalue weighted by atomic mass is 10.0. The third-order valence-corrected chi connectivity index (χ3v) is 5.47.